The molecule has 0 atom stereocenters. The van der Waals surface area contributed by atoms with Gasteiger partial charge in [0.25, 0.3) is 0 Å². The van der Waals surface area contributed by atoms with E-state index in [1.807, 2.05) is 31.2 Å². The van der Waals surface area contributed by atoms with E-state index in [1.54, 1.807) is 7.11 Å². The molecule has 1 N–H and O–H groups in total. The normalized spacial score (nSPS) is 10.9. The van der Waals surface area contributed by atoms with E-state index in [1.165, 1.54) is 18.4 Å². The Balaban J connectivity index is 2.54. The number of thiazole rings is 1. The Labute approximate surface area is 114 Å². The number of fused-ring (bicyclic) bond motifs is 1. The van der Waals surface area contributed by atoms with Crippen LogP contribution in [0, 0.1) is 0 Å². The van der Waals surface area contributed by atoms with Gasteiger partial charge in [-0.15, -0.1) is 0 Å². The average Bonchev–Trinajstić information content (AvgIpc) is 2.83. The molecule has 2 aromatic rings. The number of carbonyl (C=O) groups is 1. The Morgan fingerprint density at radius 3 is 2.84 bits per heavy atom. The third kappa shape index (κ3) is 2.68. The van der Waals surface area contributed by atoms with Gasteiger partial charge in [-0.3, -0.25) is 5.32 Å². The smallest absolute Gasteiger partial charge is 0.413 e. The third-order valence-corrected chi connectivity index (χ3v) is 3.52. The number of methoxy groups -OCH3 is 2. The monoisotopic (exact) mass is 278 g/mol. The first kappa shape index (κ1) is 13.4. The Hall–Kier alpha value is -2.08. The number of hydrogen-bond acceptors (Lipinski definition) is 5. The topological polar surface area (TPSA) is 60.5 Å². The molecule has 0 saturated carbocycles. The lowest BCUT2D eigenvalue weighted by Gasteiger charge is -2.01. The molecule has 0 fully saturated rings. The van der Waals surface area contributed by atoms with Gasteiger partial charge in [0.05, 0.1) is 18.9 Å². The first-order chi connectivity index (χ1) is 9.19. The fraction of sp³-hybridized carbons (Fsp3) is 0.231. The lowest BCUT2D eigenvalue weighted by atomic mass is 10.2. The zero-order chi connectivity index (χ0) is 13.8. The van der Waals surface area contributed by atoms with E-state index in [2.05, 4.69) is 15.0 Å². The van der Waals surface area contributed by atoms with Crippen LogP contribution >= 0.6 is 11.3 Å². The molecule has 0 saturated heterocycles. The minimum atomic E-state index is -0.536. The summed E-state index contributed by atoms with van der Waals surface area (Å²) in [5.41, 5.74) is 1.77. The molecule has 1 amide bonds. The summed E-state index contributed by atoms with van der Waals surface area (Å²) in [5.74, 6) is 0.678. The van der Waals surface area contributed by atoms with Crippen molar-refractivity contribution >= 4 is 38.9 Å². The van der Waals surface area contributed by atoms with Gasteiger partial charge in [0.2, 0.25) is 0 Å². The highest BCUT2D eigenvalue weighted by Gasteiger charge is 2.13. The van der Waals surface area contributed by atoms with Crippen molar-refractivity contribution in [1.82, 2.24) is 4.98 Å². The van der Waals surface area contributed by atoms with Gasteiger partial charge in [0.15, 0.2) is 5.13 Å². The summed E-state index contributed by atoms with van der Waals surface area (Å²) in [6.45, 7) is 1.95. The van der Waals surface area contributed by atoms with Crippen molar-refractivity contribution in [2.45, 2.75) is 6.92 Å². The molecule has 0 radical (unpaired) electrons. The van der Waals surface area contributed by atoms with Crippen molar-refractivity contribution < 1.29 is 14.3 Å². The quantitative estimate of drug-likeness (QED) is 0.933. The largest absolute Gasteiger partial charge is 0.494 e. The van der Waals surface area contributed by atoms with Crippen LogP contribution < -0.4 is 10.1 Å². The SMILES string of the molecule is CC=Cc1ccc(OC)c2nc(NC(=O)OC)sc12. The molecule has 1 heterocycles. The molecule has 19 heavy (non-hydrogen) atoms. The molecule has 0 unspecified atom stereocenters. The fourth-order valence-electron chi connectivity index (χ4n) is 1.67. The predicted molar refractivity (Wildman–Crippen MR) is 76.9 cm³/mol. The van der Waals surface area contributed by atoms with Crippen LogP contribution in [0.5, 0.6) is 5.75 Å². The van der Waals surface area contributed by atoms with Gasteiger partial charge in [-0.05, 0) is 24.6 Å². The van der Waals surface area contributed by atoms with Crippen LogP contribution in [0.25, 0.3) is 16.3 Å². The summed E-state index contributed by atoms with van der Waals surface area (Å²) in [6.07, 6.45) is 3.40. The lowest BCUT2D eigenvalue weighted by molar-refractivity contribution is 0.187. The van der Waals surface area contributed by atoms with E-state index in [9.17, 15) is 4.79 Å². The van der Waals surface area contributed by atoms with Crippen molar-refractivity contribution in [2.75, 3.05) is 19.5 Å². The van der Waals surface area contributed by atoms with Gasteiger partial charge in [0.1, 0.15) is 11.3 Å². The highest BCUT2D eigenvalue weighted by molar-refractivity contribution is 7.22. The second kappa shape index (κ2) is 5.71. The third-order valence-electron chi connectivity index (χ3n) is 2.50. The van der Waals surface area contributed by atoms with E-state index >= 15 is 0 Å². The molecule has 6 heteroatoms. The van der Waals surface area contributed by atoms with Crippen molar-refractivity contribution in [3.63, 3.8) is 0 Å². The molecule has 0 aliphatic heterocycles. The summed E-state index contributed by atoms with van der Waals surface area (Å²) >= 11 is 1.38. The molecule has 1 aromatic carbocycles. The molecule has 0 spiro atoms. The highest BCUT2D eigenvalue weighted by atomic mass is 32.1. The zero-order valence-electron chi connectivity index (χ0n) is 10.9. The molecule has 5 nitrogen and oxygen atoms in total. The minimum Gasteiger partial charge on any atom is -0.494 e. The summed E-state index contributed by atoms with van der Waals surface area (Å²) in [6, 6.07) is 3.82. The van der Waals surface area contributed by atoms with Gasteiger partial charge in [-0.1, -0.05) is 23.5 Å². The van der Waals surface area contributed by atoms with E-state index in [0.717, 1.165) is 15.8 Å². The van der Waals surface area contributed by atoms with Crippen molar-refractivity contribution in [3.05, 3.63) is 23.8 Å². The van der Waals surface area contributed by atoms with Crippen LogP contribution in [0.2, 0.25) is 0 Å². The first-order valence-electron chi connectivity index (χ1n) is 5.64. The van der Waals surface area contributed by atoms with E-state index in [4.69, 9.17) is 4.74 Å². The van der Waals surface area contributed by atoms with Gasteiger partial charge in [-0.25, -0.2) is 9.78 Å². The van der Waals surface area contributed by atoms with Gasteiger partial charge in [0, 0.05) is 0 Å². The van der Waals surface area contributed by atoms with Crippen molar-refractivity contribution in [1.29, 1.82) is 0 Å². The molecule has 0 aliphatic rings. The van der Waals surface area contributed by atoms with Crippen molar-refractivity contribution in [2.24, 2.45) is 0 Å². The Morgan fingerprint density at radius 1 is 1.42 bits per heavy atom. The lowest BCUT2D eigenvalue weighted by Crippen LogP contribution is -2.10. The molecule has 0 aliphatic carbocycles. The first-order valence-corrected chi connectivity index (χ1v) is 6.46. The molecule has 1 aromatic heterocycles. The standard InChI is InChI=1S/C13H14N2O3S/c1-4-5-8-6-7-9(17-2)10-11(8)19-12(14-10)15-13(16)18-3/h4-7H,1-3H3,(H,14,15,16). The fourth-order valence-corrected chi connectivity index (χ4v) is 2.63. The number of nitrogens with zero attached hydrogens (tertiary/aromatic N) is 1. The number of amides is 1. The van der Waals surface area contributed by atoms with Gasteiger partial charge < -0.3 is 9.47 Å². The molecular formula is C13H14N2O3S. The molecule has 0 bridgehead atoms. The molecule has 100 valence electrons. The summed E-state index contributed by atoms with van der Waals surface area (Å²) in [4.78, 5) is 15.6. The van der Waals surface area contributed by atoms with Crippen LogP contribution in [0.15, 0.2) is 18.2 Å². The zero-order valence-corrected chi connectivity index (χ0v) is 11.7. The summed E-state index contributed by atoms with van der Waals surface area (Å²) in [5, 5.41) is 3.05. The number of allylic oxidation sites excluding steroid dienone is 1. The van der Waals surface area contributed by atoms with Crippen LogP contribution in [0.3, 0.4) is 0 Å². The Kier molecular flexibility index (Phi) is 4.01. The van der Waals surface area contributed by atoms with E-state index in [0.29, 0.717) is 10.9 Å². The maximum atomic E-state index is 11.2. The maximum absolute atomic E-state index is 11.2. The number of rotatable bonds is 3. The minimum absolute atomic E-state index is 0.483. The summed E-state index contributed by atoms with van der Waals surface area (Å²) < 4.78 is 10.8. The molecular weight excluding hydrogens is 264 g/mol. The second-order valence-electron chi connectivity index (χ2n) is 3.67. The predicted octanol–water partition coefficient (Wildman–Crippen LogP) is 3.52. The van der Waals surface area contributed by atoms with Crippen LogP contribution in [0.4, 0.5) is 9.93 Å². The maximum Gasteiger partial charge on any atom is 0.413 e. The second-order valence-corrected chi connectivity index (χ2v) is 4.67. The highest BCUT2D eigenvalue weighted by Crippen LogP contribution is 2.35. The molecule has 2 rings (SSSR count). The van der Waals surface area contributed by atoms with Gasteiger partial charge in [-0.2, -0.15) is 0 Å². The van der Waals surface area contributed by atoms with Crippen LogP contribution in [-0.2, 0) is 4.74 Å². The number of nitrogens with one attached hydrogen (secondary N) is 1. The number of ether oxygens (including phenoxy) is 2. The van der Waals surface area contributed by atoms with Gasteiger partial charge >= 0.3 is 6.09 Å². The van der Waals surface area contributed by atoms with Crippen LogP contribution in [0.1, 0.15) is 12.5 Å². The number of carbonyl (C=O) groups excluding carboxylic acids is 1. The number of hydrogen-bond donors (Lipinski definition) is 1. The number of benzene rings is 1. The van der Waals surface area contributed by atoms with Crippen LogP contribution in [-0.4, -0.2) is 25.3 Å². The Morgan fingerprint density at radius 2 is 2.21 bits per heavy atom. The van der Waals surface area contributed by atoms with E-state index in [-0.39, 0.29) is 0 Å². The Bertz CT molecular complexity index is 634. The van der Waals surface area contributed by atoms with E-state index < -0.39 is 6.09 Å². The average molecular weight is 278 g/mol. The summed E-state index contributed by atoms with van der Waals surface area (Å²) in [7, 11) is 2.91. The number of aromatic nitrogens is 1. The number of anilines is 1. The van der Waals surface area contributed by atoms with Crippen molar-refractivity contribution in [3.8, 4) is 5.75 Å².